The number of nitrogens with zero attached hydrogens (tertiary/aromatic N) is 3. The molecule has 1 aromatic rings. The molecule has 1 fully saturated rings. The maximum Gasteiger partial charge on any atom is 0.323 e. The number of carbonyl (C=O) groups is 1. The van der Waals surface area contributed by atoms with Crippen LogP contribution >= 0.6 is 0 Å². The van der Waals surface area contributed by atoms with Crippen LogP contribution in [0.25, 0.3) is 0 Å². The summed E-state index contributed by atoms with van der Waals surface area (Å²) in [6.45, 7) is 3.20. The highest BCUT2D eigenvalue weighted by atomic mass is 16.5. The van der Waals surface area contributed by atoms with Gasteiger partial charge in [0.05, 0.1) is 6.61 Å². The van der Waals surface area contributed by atoms with E-state index in [1.165, 1.54) is 0 Å². The van der Waals surface area contributed by atoms with E-state index in [2.05, 4.69) is 25.6 Å². The first-order valence-electron chi connectivity index (χ1n) is 6.37. The minimum absolute atomic E-state index is 0.0544. The summed E-state index contributed by atoms with van der Waals surface area (Å²) in [6.07, 6.45) is 2.51. The lowest BCUT2D eigenvalue weighted by Gasteiger charge is -2.22. The number of nitrogens with two attached hydrogens (primary N) is 1. The van der Waals surface area contributed by atoms with Gasteiger partial charge in [0.15, 0.2) is 0 Å². The molecule has 19 heavy (non-hydrogen) atoms. The number of ether oxygens (including phenoxy) is 1. The van der Waals surface area contributed by atoms with E-state index in [-0.39, 0.29) is 29.9 Å². The first-order chi connectivity index (χ1) is 9.19. The van der Waals surface area contributed by atoms with Gasteiger partial charge in [0.25, 0.3) is 0 Å². The molecule has 0 spiro atoms. The second-order valence-corrected chi connectivity index (χ2v) is 4.28. The van der Waals surface area contributed by atoms with Gasteiger partial charge in [-0.15, -0.1) is 0 Å². The van der Waals surface area contributed by atoms with Crippen molar-refractivity contribution in [3.8, 4) is 6.01 Å². The summed E-state index contributed by atoms with van der Waals surface area (Å²) < 4.78 is 5.31. The topological polar surface area (TPSA) is 115 Å². The smallest absolute Gasteiger partial charge is 0.323 e. The van der Waals surface area contributed by atoms with Crippen LogP contribution in [-0.4, -0.2) is 40.1 Å². The molecule has 0 saturated carbocycles. The highest BCUT2D eigenvalue weighted by Gasteiger charge is 2.22. The molecule has 2 rings (SSSR count). The highest BCUT2D eigenvalue weighted by Crippen LogP contribution is 2.13. The number of hydrogen-bond acceptors (Lipinski definition) is 7. The average molecular weight is 266 g/mol. The zero-order valence-electron chi connectivity index (χ0n) is 10.8. The molecule has 1 amide bonds. The lowest BCUT2D eigenvalue weighted by Crippen LogP contribution is -2.44. The first-order valence-corrected chi connectivity index (χ1v) is 6.37. The number of carbonyl (C=O) groups excluding carboxylic acids is 1. The second kappa shape index (κ2) is 6.17. The van der Waals surface area contributed by atoms with Gasteiger partial charge in [-0.25, -0.2) is 0 Å². The number of anilines is 2. The quantitative estimate of drug-likeness (QED) is 0.683. The van der Waals surface area contributed by atoms with Crippen LogP contribution in [-0.2, 0) is 4.79 Å². The van der Waals surface area contributed by atoms with E-state index in [1.54, 1.807) is 0 Å². The zero-order valence-corrected chi connectivity index (χ0v) is 10.8. The lowest BCUT2D eigenvalue weighted by atomic mass is 10.1. The summed E-state index contributed by atoms with van der Waals surface area (Å²) in [6, 6.07) is -0.164. The number of piperidine rings is 1. The maximum atomic E-state index is 11.6. The normalized spacial score (nSPS) is 18.8. The standard InChI is InChI=1S/C11H18N6O2/c1-2-6-19-11-16-9(12)15-10(17-11)14-7-4-3-5-13-8(7)18/h7H,2-6H2,1H3,(H,13,18)(H3,12,14,15,16,17). The zero-order chi connectivity index (χ0) is 13.7. The minimum atomic E-state index is -0.338. The fourth-order valence-corrected chi connectivity index (χ4v) is 1.76. The summed E-state index contributed by atoms with van der Waals surface area (Å²) in [5, 5.41) is 5.73. The Kier molecular flexibility index (Phi) is 4.32. The van der Waals surface area contributed by atoms with Crippen LogP contribution in [0.4, 0.5) is 11.9 Å². The molecule has 0 aromatic carbocycles. The predicted octanol–water partition coefficient (Wildman–Crippen LogP) is -0.0669. The highest BCUT2D eigenvalue weighted by molar-refractivity contribution is 5.84. The molecule has 4 N–H and O–H groups in total. The Labute approximate surface area is 111 Å². The Morgan fingerprint density at radius 3 is 3.05 bits per heavy atom. The van der Waals surface area contributed by atoms with Gasteiger partial charge in [-0.2, -0.15) is 15.0 Å². The third kappa shape index (κ3) is 3.67. The monoisotopic (exact) mass is 266 g/mol. The molecule has 1 atom stereocenters. The van der Waals surface area contributed by atoms with Crippen molar-refractivity contribution < 1.29 is 9.53 Å². The third-order valence-corrected chi connectivity index (χ3v) is 2.66. The molecule has 1 saturated heterocycles. The van der Waals surface area contributed by atoms with Crippen molar-refractivity contribution in [1.82, 2.24) is 20.3 Å². The SMILES string of the molecule is CCCOc1nc(N)nc(NC2CCCNC2=O)n1. The van der Waals surface area contributed by atoms with Crippen LogP contribution in [0.1, 0.15) is 26.2 Å². The Morgan fingerprint density at radius 2 is 2.32 bits per heavy atom. The number of rotatable bonds is 5. The third-order valence-electron chi connectivity index (χ3n) is 2.66. The van der Waals surface area contributed by atoms with Crippen molar-refractivity contribution in [1.29, 1.82) is 0 Å². The molecule has 2 heterocycles. The molecule has 1 aromatic heterocycles. The molecule has 0 bridgehead atoms. The van der Waals surface area contributed by atoms with Crippen LogP contribution in [0, 0.1) is 0 Å². The van der Waals surface area contributed by atoms with Gasteiger partial charge in [0.1, 0.15) is 6.04 Å². The number of nitrogen functional groups attached to an aromatic ring is 1. The van der Waals surface area contributed by atoms with Gasteiger partial charge in [-0.3, -0.25) is 4.79 Å². The Morgan fingerprint density at radius 1 is 1.47 bits per heavy atom. The molecule has 8 nitrogen and oxygen atoms in total. The molecule has 1 aliphatic heterocycles. The van der Waals surface area contributed by atoms with Crippen LogP contribution in [0.5, 0.6) is 6.01 Å². The maximum absolute atomic E-state index is 11.6. The number of nitrogens with one attached hydrogen (secondary N) is 2. The fraction of sp³-hybridized carbons (Fsp3) is 0.636. The average Bonchev–Trinajstić information content (AvgIpc) is 2.38. The number of aromatic nitrogens is 3. The number of amides is 1. The Bertz CT molecular complexity index is 453. The minimum Gasteiger partial charge on any atom is -0.463 e. The van der Waals surface area contributed by atoms with E-state index < -0.39 is 0 Å². The Hall–Kier alpha value is -2.12. The molecule has 0 radical (unpaired) electrons. The molecule has 104 valence electrons. The largest absolute Gasteiger partial charge is 0.463 e. The molecule has 1 aliphatic rings. The second-order valence-electron chi connectivity index (χ2n) is 4.28. The van der Waals surface area contributed by atoms with Crippen molar-refractivity contribution >= 4 is 17.8 Å². The van der Waals surface area contributed by atoms with Crippen molar-refractivity contribution in [2.24, 2.45) is 0 Å². The van der Waals surface area contributed by atoms with E-state index >= 15 is 0 Å². The lowest BCUT2D eigenvalue weighted by molar-refractivity contribution is -0.123. The van der Waals surface area contributed by atoms with Crippen LogP contribution < -0.4 is 21.1 Å². The van der Waals surface area contributed by atoms with Crippen molar-refractivity contribution in [2.45, 2.75) is 32.2 Å². The van der Waals surface area contributed by atoms with Gasteiger partial charge in [0, 0.05) is 6.54 Å². The molecule has 8 heteroatoms. The molecular formula is C11H18N6O2. The summed E-state index contributed by atoms with van der Waals surface area (Å²) in [7, 11) is 0. The molecular weight excluding hydrogens is 248 g/mol. The summed E-state index contributed by atoms with van der Waals surface area (Å²) in [5.41, 5.74) is 5.59. The van der Waals surface area contributed by atoms with E-state index in [9.17, 15) is 4.79 Å². The molecule has 1 unspecified atom stereocenters. The van der Waals surface area contributed by atoms with Gasteiger partial charge >= 0.3 is 6.01 Å². The van der Waals surface area contributed by atoms with Gasteiger partial charge < -0.3 is 21.1 Å². The van der Waals surface area contributed by atoms with E-state index in [0.29, 0.717) is 13.2 Å². The van der Waals surface area contributed by atoms with Crippen LogP contribution in [0.2, 0.25) is 0 Å². The van der Waals surface area contributed by atoms with E-state index in [1.807, 2.05) is 6.92 Å². The molecule has 0 aliphatic carbocycles. The predicted molar refractivity (Wildman–Crippen MR) is 69.7 cm³/mol. The summed E-state index contributed by atoms with van der Waals surface area (Å²) >= 11 is 0. The first kappa shape index (κ1) is 13.3. The summed E-state index contributed by atoms with van der Waals surface area (Å²) in [5.74, 6) is 0.279. The van der Waals surface area contributed by atoms with Crippen LogP contribution in [0.15, 0.2) is 0 Å². The van der Waals surface area contributed by atoms with E-state index in [0.717, 1.165) is 19.3 Å². The van der Waals surface area contributed by atoms with E-state index in [4.69, 9.17) is 10.5 Å². The van der Waals surface area contributed by atoms with Gasteiger partial charge in [0.2, 0.25) is 17.8 Å². The van der Waals surface area contributed by atoms with Crippen molar-refractivity contribution in [3.05, 3.63) is 0 Å². The van der Waals surface area contributed by atoms with Crippen molar-refractivity contribution in [2.75, 3.05) is 24.2 Å². The Balaban J connectivity index is 2.06. The van der Waals surface area contributed by atoms with Crippen LogP contribution in [0.3, 0.4) is 0 Å². The van der Waals surface area contributed by atoms with Gasteiger partial charge in [-0.1, -0.05) is 6.92 Å². The fourth-order valence-electron chi connectivity index (χ4n) is 1.76. The summed E-state index contributed by atoms with van der Waals surface area (Å²) in [4.78, 5) is 23.5. The van der Waals surface area contributed by atoms with Crippen molar-refractivity contribution in [3.63, 3.8) is 0 Å². The number of hydrogen-bond donors (Lipinski definition) is 3. The van der Waals surface area contributed by atoms with Gasteiger partial charge in [-0.05, 0) is 19.3 Å².